The molecule has 1 saturated heterocycles. The molecule has 0 aromatic heterocycles. The first kappa shape index (κ1) is 19.6. The van der Waals surface area contributed by atoms with Crippen LogP contribution in [0.15, 0.2) is 84.4 Å². The minimum atomic E-state index is -0.863. The highest BCUT2D eigenvalue weighted by Gasteiger charge is 2.46. The van der Waals surface area contributed by atoms with Gasteiger partial charge in [0.1, 0.15) is 11.6 Å². The summed E-state index contributed by atoms with van der Waals surface area (Å²) in [6.45, 7) is 2.03. The molecule has 3 aromatic rings. The van der Waals surface area contributed by atoms with Gasteiger partial charge < -0.3 is 5.11 Å². The van der Waals surface area contributed by atoms with E-state index in [2.05, 4.69) is 0 Å². The summed E-state index contributed by atoms with van der Waals surface area (Å²) in [6, 6.07) is 20.7. The molecule has 3 aromatic carbocycles. The molecule has 1 heterocycles. The van der Waals surface area contributed by atoms with E-state index in [9.17, 15) is 19.1 Å². The van der Waals surface area contributed by atoms with E-state index in [1.54, 1.807) is 42.5 Å². The smallest absolute Gasteiger partial charge is 0.300 e. The number of nitrogens with zero attached hydrogens (tertiary/aromatic N) is 1. The highest BCUT2D eigenvalue weighted by molar-refractivity contribution is 6.51. The predicted molar refractivity (Wildman–Crippen MR) is 113 cm³/mol. The molecule has 0 bridgehead atoms. The van der Waals surface area contributed by atoms with Crippen LogP contribution in [0.5, 0.6) is 0 Å². The van der Waals surface area contributed by atoms with Gasteiger partial charge in [-0.15, -0.1) is 0 Å². The van der Waals surface area contributed by atoms with Gasteiger partial charge in [-0.25, -0.2) is 4.39 Å². The number of ketones is 1. The molecule has 1 aliphatic rings. The Morgan fingerprint density at radius 1 is 0.933 bits per heavy atom. The number of rotatable bonds is 4. The van der Waals surface area contributed by atoms with Crippen molar-refractivity contribution in [2.75, 3.05) is 4.90 Å². The maximum absolute atomic E-state index is 13.5. The number of amides is 1. The van der Waals surface area contributed by atoms with Crippen molar-refractivity contribution in [3.8, 4) is 0 Å². The maximum Gasteiger partial charge on any atom is 0.300 e. The molecule has 5 heteroatoms. The van der Waals surface area contributed by atoms with Crippen molar-refractivity contribution >= 4 is 23.1 Å². The third-order valence-corrected chi connectivity index (χ3v) is 5.30. The summed E-state index contributed by atoms with van der Waals surface area (Å²) < 4.78 is 13.5. The van der Waals surface area contributed by atoms with Gasteiger partial charge in [0.05, 0.1) is 11.6 Å². The average Bonchev–Trinajstić information content (AvgIpc) is 3.05. The molecule has 1 unspecified atom stereocenters. The Kier molecular flexibility index (Phi) is 5.19. The molecule has 0 radical (unpaired) electrons. The van der Waals surface area contributed by atoms with Crippen LogP contribution in [0.3, 0.4) is 0 Å². The number of hydrogen-bond donors (Lipinski definition) is 1. The summed E-state index contributed by atoms with van der Waals surface area (Å²) >= 11 is 0. The summed E-state index contributed by atoms with van der Waals surface area (Å²) in [6.07, 6.45) is 0.842. The number of aliphatic hydroxyl groups is 1. The average molecular weight is 401 g/mol. The van der Waals surface area contributed by atoms with Gasteiger partial charge in [0, 0.05) is 11.3 Å². The Morgan fingerprint density at radius 3 is 2.17 bits per heavy atom. The van der Waals surface area contributed by atoms with E-state index in [0.717, 1.165) is 12.0 Å². The zero-order valence-corrected chi connectivity index (χ0v) is 16.4. The first-order valence-corrected chi connectivity index (χ1v) is 9.72. The number of halogens is 1. The normalized spacial score (nSPS) is 18.1. The second kappa shape index (κ2) is 7.95. The first-order chi connectivity index (χ1) is 14.5. The summed E-state index contributed by atoms with van der Waals surface area (Å²) in [5.74, 6) is -2.18. The Labute approximate surface area is 173 Å². The number of aliphatic hydroxyl groups excluding tert-OH is 1. The molecule has 1 amide bonds. The molecule has 150 valence electrons. The van der Waals surface area contributed by atoms with E-state index in [4.69, 9.17) is 0 Å². The zero-order valence-electron chi connectivity index (χ0n) is 16.4. The van der Waals surface area contributed by atoms with Crippen molar-refractivity contribution < 1.29 is 19.1 Å². The fourth-order valence-electron chi connectivity index (χ4n) is 3.70. The molecule has 4 rings (SSSR count). The van der Waals surface area contributed by atoms with Gasteiger partial charge in [-0.3, -0.25) is 14.5 Å². The lowest BCUT2D eigenvalue weighted by atomic mass is 9.95. The number of anilines is 1. The van der Waals surface area contributed by atoms with E-state index in [-0.39, 0.29) is 11.3 Å². The fraction of sp³-hybridized carbons (Fsp3) is 0.120. The quantitative estimate of drug-likeness (QED) is 0.380. The van der Waals surface area contributed by atoms with E-state index in [0.29, 0.717) is 16.8 Å². The van der Waals surface area contributed by atoms with Gasteiger partial charge in [0.25, 0.3) is 11.7 Å². The van der Waals surface area contributed by atoms with Gasteiger partial charge in [0.15, 0.2) is 0 Å². The third-order valence-electron chi connectivity index (χ3n) is 5.30. The van der Waals surface area contributed by atoms with Crippen LogP contribution in [-0.4, -0.2) is 16.8 Å². The van der Waals surface area contributed by atoms with E-state index >= 15 is 0 Å². The van der Waals surface area contributed by atoms with Crippen LogP contribution < -0.4 is 4.90 Å². The minimum absolute atomic E-state index is 0.0163. The van der Waals surface area contributed by atoms with Gasteiger partial charge in [0.2, 0.25) is 0 Å². The highest BCUT2D eigenvalue weighted by atomic mass is 19.1. The van der Waals surface area contributed by atoms with Crippen molar-refractivity contribution in [2.45, 2.75) is 19.4 Å². The standard InChI is InChI=1S/C25H20FNO3/c1-2-16-8-14-20(15-9-16)27-22(17-10-12-19(26)13-11-17)21(24(29)25(27)30)23(28)18-6-4-3-5-7-18/h3-15,22,28H,2H2,1H3/b23-21+. The van der Waals surface area contributed by atoms with Gasteiger partial charge >= 0.3 is 0 Å². The van der Waals surface area contributed by atoms with Crippen molar-refractivity contribution in [3.05, 3.63) is 107 Å². The molecule has 1 fully saturated rings. The monoisotopic (exact) mass is 401 g/mol. The molecule has 4 nitrogen and oxygen atoms in total. The molecular formula is C25H20FNO3. The molecule has 0 saturated carbocycles. The molecule has 30 heavy (non-hydrogen) atoms. The number of aryl methyl sites for hydroxylation is 1. The molecule has 0 spiro atoms. The number of benzene rings is 3. The fourth-order valence-corrected chi connectivity index (χ4v) is 3.70. The van der Waals surface area contributed by atoms with Crippen LogP contribution in [0.2, 0.25) is 0 Å². The molecule has 0 aliphatic carbocycles. The summed E-state index contributed by atoms with van der Waals surface area (Å²) in [7, 11) is 0. The predicted octanol–water partition coefficient (Wildman–Crippen LogP) is 5.01. The third kappa shape index (κ3) is 3.39. The summed E-state index contributed by atoms with van der Waals surface area (Å²) in [4.78, 5) is 27.4. The maximum atomic E-state index is 13.5. The van der Waals surface area contributed by atoms with Crippen LogP contribution in [-0.2, 0) is 16.0 Å². The second-order valence-corrected chi connectivity index (χ2v) is 7.11. The lowest BCUT2D eigenvalue weighted by Crippen LogP contribution is -2.29. The lowest BCUT2D eigenvalue weighted by molar-refractivity contribution is -0.132. The van der Waals surface area contributed by atoms with Crippen molar-refractivity contribution in [1.29, 1.82) is 0 Å². The number of carbonyl (C=O) groups excluding carboxylic acids is 2. The lowest BCUT2D eigenvalue weighted by Gasteiger charge is -2.25. The highest BCUT2D eigenvalue weighted by Crippen LogP contribution is 2.42. The Morgan fingerprint density at radius 2 is 1.57 bits per heavy atom. The van der Waals surface area contributed by atoms with Crippen molar-refractivity contribution in [2.24, 2.45) is 0 Å². The molecular weight excluding hydrogens is 381 g/mol. The van der Waals surface area contributed by atoms with E-state index in [1.165, 1.54) is 29.2 Å². The largest absolute Gasteiger partial charge is 0.507 e. The summed E-state index contributed by atoms with van der Waals surface area (Å²) in [5.41, 5.74) is 2.59. The zero-order chi connectivity index (χ0) is 21.3. The summed E-state index contributed by atoms with van der Waals surface area (Å²) in [5, 5.41) is 10.9. The van der Waals surface area contributed by atoms with Gasteiger partial charge in [-0.05, 0) is 41.8 Å². The van der Waals surface area contributed by atoms with Gasteiger partial charge in [-0.1, -0.05) is 61.5 Å². The molecule has 1 N–H and O–H groups in total. The minimum Gasteiger partial charge on any atom is -0.507 e. The Hall–Kier alpha value is -3.73. The van der Waals surface area contributed by atoms with E-state index < -0.39 is 23.5 Å². The topological polar surface area (TPSA) is 57.6 Å². The van der Waals surface area contributed by atoms with Crippen LogP contribution in [0, 0.1) is 5.82 Å². The number of carbonyl (C=O) groups is 2. The Balaban J connectivity index is 1.92. The van der Waals surface area contributed by atoms with Crippen molar-refractivity contribution in [1.82, 2.24) is 0 Å². The van der Waals surface area contributed by atoms with Gasteiger partial charge in [-0.2, -0.15) is 0 Å². The molecule has 1 atom stereocenters. The van der Waals surface area contributed by atoms with Crippen LogP contribution in [0.25, 0.3) is 5.76 Å². The van der Waals surface area contributed by atoms with E-state index in [1.807, 2.05) is 19.1 Å². The first-order valence-electron chi connectivity index (χ1n) is 9.72. The second-order valence-electron chi connectivity index (χ2n) is 7.11. The van der Waals surface area contributed by atoms with Crippen LogP contribution in [0.1, 0.15) is 29.7 Å². The number of hydrogen-bond acceptors (Lipinski definition) is 3. The van der Waals surface area contributed by atoms with Crippen LogP contribution in [0.4, 0.5) is 10.1 Å². The number of Topliss-reactive ketones (excluding diaryl/α,β-unsaturated/α-hetero) is 1. The SMILES string of the molecule is CCc1ccc(N2C(=O)C(=O)/C(=C(/O)c3ccccc3)C2c2ccc(F)cc2)cc1. The Bertz CT molecular complexity index is 1120. The van der Waals surface area contributed by atoms with Crippen LogP contribution >= 0.6 is 0 Å². The van der Waals surface area contributed by atoms with Crippen molar-refractivity contribution in [3.63, 3.8) is 0 Å². The molecule has 1 aliphatic heterocycles.